The fraction of sp³-hybridized carbons (Fsp3) is 0.724. The number of rotatable bonds is 9. The monoisotopic (exact) mass is 561 g/mol. The van der Waals surface area contributed by atoms with Crippen molar-refractivity contribution in [1.82, 2.24) is 5.32 Å². The average Bonchev–Trinajstić information content (AvgIpc) is 3.15. The summed E-state index contributed by atoms with van der Waals surface area (Å²) in [6, 6.07) is -1.52. The van der Waals surface area contributed by atoms with Crippen LogP contribution in [0.15, 0.2) is 11.6 Å². The normalized spacial score (nSPS) is 36.3. The van der Waals surface area contributed by atoms with Crippen molar-refractivity contribution < 1.29 is 48.8 Å². The summed E-state index contributed by atoms with van der Waals surface area (Å²) >= 11 is 0. The quantitative estimate of drug-likeness (QED) is 0.299. The topological polar surface area (TPSA) is 184 Å². The minimum absolute atomic E-state index is 0.000746. The standard InChI is InChI=1S/C29H39NO10/c1-15(31)25(26(37)38)30-22(35)6-7-23(36)40-14-21(34)29(39)11-9-19-18-5-4-16-12-17(32)8-10-27(16,2)24(18)20(33)13-28(19,29)3/h12,15,18-19,24-25,31,39H,4-11,13-14H2,1-3H3,(H,30,35)(H,37,38)/t15-,18-,19-,24+,25-,27-,28-,29-/m0/s1. The molecule has 0 heterocycles. The first-order chi connectivity index (χ1) is 18.6. The number of nitrogens with one attached hydrogen (secondary N) is 1. The van der Waals surface area contributed by atoms with Gasteiger partial charge in [-0.2, -0.15) is 0 Å². The van der Waals surface area contributed by atoms with E-state index in [0.717, 1.165) is 5.57 Å². The number of allylic oxidation sites excluding steroid dienone is 1. The number of carboxylic acid groups (broad SMARTS) is 1. The number of aliphatic carboxylic acids is 1. The zero-order chi connectivity index (χ0) is 29.6. The van der Waals surface area contributed by atoms with Crippen molar-refractivity contribution in [3.8, 4) is 0 Å². The number of amides is 1. The molecule has 0 aromatic heterocycles. The fourth-order valence-corrected chi connectivity index (χ4v) is 8.03. The van der Waals surface area contributed by atoms with Crippen LogP contribution in [-0.2, 0) is 33.5 Å². The third kappa shape index (κ3) is 5.02. The zero-order valence-electron chi connectivity index (χ0n) is 23.2. The van der Waals surface area contributed by atoms with Gasteiger partial charge in [0.2, 0.25) is 11.7 Å². The van der Waals surface area contributed by atoms with Crippen LogP contribution >= 0.6 is 0 Å². The lowest BCUT2D eigenvalue weighted by Crippen LogP contribution is -2.61. The third-order valence-electron chi connectivity index (χ3n) is 10.3. The highest BCUT2D eigenvalue weighted by Crippen LogP contribution is 2.66. The highest BCUT2D eigenvalue weighted by molar-refractivity contribution is 5.95. The molecule has 4 aliphatic carbocycles. The molecule has 0 radical (unpaired) electrons. The lowest BCUT2D eigenvalue weighted by atomic mass is 9.46. The van der Waals surface area contributed by atoms with Crippen LogP contribution in [0.25, 0.3) is 0 Å². The number of aliphatic hydroxyl groups excluding tert-OH is 1. The Morgan fingerprint density at radius 1 is 1.10 bits per heavy atom. The third-order valence-corrected chi connectivity index (χ3v) is 10.3. The minimum Gasteiger partial charge on any atom is -0.480 e. The Morgan fingerprint density at radius 2 is 1.80 bits per heavy atom. The van der Waals surface area contributed by atoms with Gasteiger partial charge in [0.1, 0.15) is 11.4 Å². The summed E-state index contributed by atoms with van der Waals surface area (Å²) in [5, 5.41) is 32.3. The summed E-state index contributed by atoms with van der Waals surface area (Å²) in [5.41, 5.74) is -2.21. The molecule has 3 fully saturated rings. The average molecular weight is 562 g/mol. The van der Waals surface area contributed by atoms with Crippen LogP contribution in [0.5, 0.6) is 0 Å². The van der Waals surface area contributed by atoms with Crippen molar-refractivity contribution in [3.63, 3.8) is 0 Å². The molecule has 4 aliphatic rings. The summed E-state index contributed by atoms with van der Waals surface area (Å²) < 4.78 is 5.07. The fourth-order valence-electron chi connectivity index (χ4n) is 8.03. The van der Waals surface area contributed by atoms with Crippen molar-refractivity contribution in [2.24, 2.45) is 28.6 Å². The van der Waals surface area contributed by atoms with E-state index in [0.29, 0.717) is 32.1 Å². The van der Waals surface area contributed by atoms with Gasteiger partial charge in [-0.25, -0.2) is 4.79 Å². The summed E-state index contributed by atoms with van der Waals surface area (Å²) in [6.45, 7) is 4.35. The van der Waals surface area contributed by atoms with Crippen molar-refractivity contribution in [2.45, 2.75) is 96.3 Å². The molecule has 0 spiro atoms. The highest BCUT2D eigenvalue weighted by Gasteiger charge is 2.68. The maximum Gasteiger partial charge on any atom is 0.328 e. The van der Waals surface area contributed by atoms with Gasteiger partial charge in [-0.05, 0) is 62.4 Å². The van der Waals surface area contributed by atoms with E-state index in [1.807, 2.05) is 0 Å². The molecular weight excluding hydrogens is 522 g/mol. The molecule has 8 atom stereocenters. The molecule has 3 saturated carbocycles. The van der Waals surface area contributed by atoms with Crippen LogP contribution in [0, 0.1) is 28.6 Å². The predicted molar refractivity (Wildman–Crippen MR) is 138 cm³/mol. The number of hydrogen-bond acceptors (Lipinski definition) is 9. The van der Waals surface area contributed by atoms with Crippen LogP contribution in [0.4, 0.5) is 0 Å². The number of carbonyl (C=O) groups is 6. The molecule has 0 aromatic rings. The number of ether oxygens (including phenoxy) is 1. The summed E-state index contributed by atoms with van der Waals surface area (Å²) in [7, 11) is 0. The second-order valence-electron chi connectivity index (χ2n) is 12.5. The highest BCUT2D eigenvalue weighted by atomic mass is 16.5. The summed E-state index contributed by atoms with van der Waals surface area (Å²) in [6.07, 6.45) is 2.73. The number of ketones is 3. The maximum absolute atomic E-state index is 13.7. The Balaban J connectivity index is 1.38. The first-order valence-corrected chi connectivity index (χ1v) is 14.0. The lowest BCUT2D eigenvalue weighted by Gasteiger charge is -2.57. The first-order valence-electron chi connectivity index (χ1n) is 14.0. The minimum atomic E-state index is -1.85. The number of carboxylic acids is 1. The second kappa shape index (κ2) is 10.8. The van der Waals surface area contributed by atoms with Crippen LogP contribution in [0.2, 0.25) is 0 Å². The van der Waals surface area contributed by atoms with Crippen LogP contribution in [0.1, 0.15) is 78.6 Å². The molecule has 0 aromatic carbocycles. The molecule has 0 unspecified atom stereocenters. The molecule has 11 nitrogen and oxygen atoms in total. The number of fused-ring (bicyclic) bond motifs is 5. The van der Waals surface area contributed by atoms with Gasteiger partial charge in [0.25, 0.3) is 0 Å². The van der Waals surface area contributed by atoms with Gasteiger partial charge in [0.05, 0.1) is 12.5 Å². The van der Waals surface area contributed by atoms with Crippen molar-refractivity contribution >= 4 is 35.2 Å². The molecule has 40 heavy (non-hydrogen) atoms. The first kappa shape index (κ1) is 30.0. The van der Waals surface area contributed by atoms with E-state index in [2.05, 4.69) is 12.2 Å². The predicted octanol–water partition coefficient (Wildman–Crippen LogP) is 1.27. The SMILES string of the molecule is C[C@H](O)[C@H](NC(=O)CCC(=O)OCC(=O)[C@@]1(O)CC[C@H]2[C@@H]3CCC4=CC(=O)CC[C@]4(C)[C@H]3C(=O)C[C@@]21C)C(=O)O. The van der Waals surface area contributed by atoms with Crippen LogP contribution in [-0.4, -0.2) is 74.9 Å². The molecule has 1 amide bonds. The Morgan fingerprint density at radius 3 is 2.45 bits per heavy atom. The van der Waals surface area contributed by atoms with Gasteiger partial charge in [-0.1, -0.05) is 19.4 Å². The van der Waals surface area contributed by atoms with Crippen molar-refractivity contribution in [2.75, 3.05) is 6.61 Å². The van der Waals surface area contributed by atoms with Crippen LogP contribution in [0.3, 0.4) is 0 Å². The number of aliphatic hydroxyl groups is 2. The number of esters is 1. The van der Waals surface area contributed by atoms with E-state index in [9.17, 15) is 39.0 Å². The number of hydrogen-bond donors (Lipinski definition) is 4. The Labute approximate surface area is 232 Å². The second-order valence-corrected chi connectivity index (χ2v) is 12.5. The van der Waals surface area contributed by atoms with Gasteiger partial charge in [0.15, 0.2) is 18.4 Å². The lowest BCUT2D eigenvalue weighted by molar-refractivity contribution is -0.173. The van der Waals surface area contributed by atoms with Gasteiger partial charge < -0.3 is 25.4 Å². The molecule has 11 heteroatoms. The smallest absolute Gasteiger partial charge is 0.328 e. The Hall–Kier alpha value is -2.92. The van der Waals surface area contributed by atoms with E-state index in [1.165, 1.54) is 6.92 Å². The summed E-state index contributed by atoms with van der Waals surface area (Å²) in [4.78, 5) is 74.4. The molecular formula is C29H39NO10. The van der Waals surface area contributed by atoms with E-state index in [1.54, 1.807) is 13.0 Å². The molecule has 4 N–H and O–H groups in total. The van der Waals surface area contributed by atoms with Crippen molar-refractivity contribution in [3.05, 3.63) is 11.6 Å². The number of Topliss-reactive ketones (excluding diaryl/α,β-unsaturated/α-hetero) is 2. The molecule has 0 bridgehead atoms. The molecule has 0 aliphatic heterocycles. The van der Waals surface area contributed by atoms with Gasteiger partial charge in [0, 0.05) is 30.6 Å². The maximum atomic E-state index is 13.7. The number of carbonyl (C=O) groups excluding carboxylic acids is 5. The van der Waals surface area contributed by atoms with E-state index in [-0.39, 0.29) is 47.6 Å². The Bertz CT molecular complexity index is 1160. The van der Waals surface area contributed by atoms with Gasteiger partial charge in [-0.15, -0.1) is 0 Å². The van der Waals surface area contributed by atoms with Gasteiger partial charge >= 0.3 is 11.9 Å². The zero-order valence-corrected chi connectivity index (χ0v) is 23.2. The summed E-state index contributed by atoms with van der Waals surface area (Å²) in [5.74, 6) is -4.01. The largest absolute Gasteiger partial charge is 0.480 e. The van der Waals surface area contributed by atoms with E-state index >= 15 is 0 Å². The van der Waals surface area contributed by atoms with Crippen LogP contribution < -0.4 is 5.32 Å². The van der Waals surface area contributed by atoms with E-state index < -0.39 is 66.2 Å². The Kier molecular flexibility index (Phi) is 8.12. The van der Waals surface area contributed by atoms with Crippen molar-refractivity contribution in [1.29, 1.82) is 0 Å². The van der Waals surface area contributed by atoms with Gasteiger partial charge in [-0.3, -0.25) is 24.0 Å². The molecule has 4 rings (SSSR count). The molecule has 0 saturated heterocycles. The molecule has 220 valence electrons. The van der Waals surface area contributed by atoms with E-state index in [4.69, 9.17) is 9.84 Å².